The molecule has 0 saturated carbocycles. The van der Waals surface area contributed by atoms with Crippen molar-refractivity contribution >= 4 is 16.0 Å². The smallest absolute Gasteiger partial charge is 0.321 e. The Morgan fingerprint density at radius 3 is 2.44 bits per heavy atom. The van der Waals surface area contributed by atoms with Gasteiger partial charge in [-0.3, -0.25) is 9.89 Å². The van der Waals surface area contributed by atoms with Crippen molar-refractivity contribution in [2.24, 2.45) is 0 Å². The maximum absolute atomic E-state index is 11.8. The van der Waals surface area contributed by atoms with E-state index < -0.39 is 22.0 Å². The first kappa shape index (κ1) is 12.7. The van der Waals surface area contributed by atoms with Gasteiger partial charge in [-0.15, -0.1) is 0 Å². The van der Waals surface area contributed by atoms with Gasteiger partial charge in [0.15, 0.2) is 0 Å². The molecule has 1 atom stereocenters. The number of aryl methyl sites for hydroxylation is 2. The number of aromatic nitrogens is 2. The second kappa shape index (κ2) is 4.22. The molecule has 8 heteroatoms. The van der Waals surface area contributed by atoms with Crippen LogP contribution in [0.1, 0.15) is 18.3 Å². The first-order valence-corrected chi connectivity index (χ1v) is 6.00. The summed E-state index contributed by atoms with van der Waals surface area (Å²) < 4.78 is 25.7. The van der Waals surface area contributed by atoms with E-state index in [2.05, 4.69) is 14.9 Å². The Kier molecular flexibility index (Phi) is 3.34. The summed E-state index contributed by atoms with van der Waals surface area (Å²) in [5.41, 5.74) is 0.685. The van der Waals surface area contributed by atoms with Crippen LogP contribution < -0.4 is 4.72 Å². The Bertz CT molecular complexity index is 486. The highest BCUT2D eigenvalue weighted by Gasteiger charge is 2.26. The third-order valence-electron chi connectivity index (χ3n) is 2.03. The minimum atomic E-state index is -3.85. The number of nitrogens with one attached hydrogen (secondary N) is 2. The molecule has 0 bridgehead atoms. The molecule has 0 aliphatic heterocycles. The van der Waals surface area contributed by atoms with E-state index in [4.69, 9.17) is 5.11 Å². The van der Waals surface area contributed by atoms with Gasteiger partial charge in [0.05, 0.1) is 11.4 Å². The lowest BCUT2D eigenvalue weighted by Crippen LogP contribution is -2.38. The van der Waals surface area contributed by atoms with Gasteiger partial charge in [-0.05, 0) is 20.8 Å². The number of H-pyrrole nitrogens is 1. The quantitative estimate of drug-likeness (QED) is 0.680. The van der Waals surface area contributed by atoms with E-state index in [1.807, 2.05) is 0 Å². The van der Waals surface area contributed by atoms with E-state index >= 15 is 0 Å². The summed E-state index contributed by atoms with van der Waals surface area (Å²) in [4.78, 5) is 10.6. The summed E-state index contributed by atoms with van der Waals surface area (Å²) in [5.74, 6) is -1.23. The average molecular weight is 247 g/mol. The number of nitrogens with zero attached hydrogens (tertiary/aromatic N) is 1. The molecule has 1 aromatic heterocycles. The number of aromatic amines is 1. The molecule has 0 fully saturated rings. The normalized spacial score (nSPS) is 13.7. The molecule has 0 amide bonds. The lowest BCUT2D eigenvalue weighted by atomic mass is 10.4. The zero-order chi connectivity index (χ0) is 12.5. The second-order valence-electron chi connectivity index (χ2n) is 3.44. The van der Waals surface area contributed by atoms with E-state index in [9.17, 15) is 13.2 Å². The van der Waals surface area contributed by atoms with Crippen molar-refractivity contribution in [3.63, 3.8) is 0 Å². The topological polar surface area (TPSA) is 112 Å². The molecule has 1 aromatic rings. The van der Waals surface area contributed by atoms with Crippen LogP contribution in [0.4, 0.5) is 0 Å². The number of sulfonamides is 1. The first-order valence-electron chi connectivity index (χ1n) is 4.52. The molecule has 16 heavy (non-hydrogen) atoms. The van der Waals surface area contributed by atoms with Gasteiger partial charge >= 0.3 is 5.97 Å². The van der Waals surface area contributed by atoms with Crippen LogP contribution in [0.15, 0.2) is 4.90 Å². The highest BCUT2D eigenvalue weighted by atomic mass is 32.2. The van der Waals surface area contributed by atoms with E-state index in [-0.39, 0.29) is 4.90 Å². The van der Waals surface area contributed by atoms with Crippen molar-refractivity contribution in [3.05, 3.63) is 11.4 Å². The van der Waals surface area contributed by atoms with Crippen molar-refractivity contribution in [2.75, 3.05) is 0 Å². The van der Waals surface area contributed by atoms with Gasteiger partial charge in [0.25, 0.3) is 0 Å². The minimum Gasteiger partial charge on any atom is -0.480 e. The van der Waals surface area contributed by atoms with Gasteiger partial charge in [-0.1, -0.05) is 0 Å². The lowest BCUT2D eigenvalue weighted by molar-refractivity contribution is -0.138. The van der Waals surface area contributed by atoms with Crippen LogP contribution in [0.3, 0.4) is 0 Å². The van der Waals surface area contributed by atoms with Crippen LogP contribution in [0, 0.1) is 13.8 Å². The maximum Gasteiger partial charge on any atom is 0.321 e. The van der Waals surface area contributed by atoms with Gasteiger partial charge in [0, 0.05) is 0 Å². The molecular weight excluding hydrogens is 234 g/mol. The SMILES string of the molecule is Cc1n[nH]c(C)c1S(=O)(=O)N[C@@H](C)C(=O)O. The van der Waals surface area contributed by atoms with Crippen LogP contribution in [-0.2, 0) is 14.8 Å². The summed E-state index contributed by atoms with van der Waals surface area (Å²) in [5, 5.41) is 14.9. The predicted molar refractivity (Wildman–Crippen MR) is 55.5 cm³/mol. The highest BCUT2D eigenvalue weighted by Crippen LogP contribution is 2.16. The average Bonchev–Trinajstić information content (AvgIpc) is 2.45. The number of carboxylic acid groups (broad SMARTS) is 1. The van der Waals surface area contributed by atoms with Crippen molar-refractivity contribution in [3.8, 4) is 0 Å². The fraction of sp³-hybridized carbons (Fsp3) is 0.500. The fourth-order valence-corrected chi connectivity index (χ4v) is 2.85. The molecule has 0 radical (unpaired) electrons. The minimum absolute atomic E-state index is 0.000556. The Morgan fingerprint density at radius 2 is 2.06 bits per heavy atom. The summed E-state index contributed by atoms with van der Waals surface area (Å²) in [6, 6.07) is -1.18. The van der Waals surface area contributed by atoms with Crippen molar-refractivity contribution in [1.82, 2.24) is 14.9 Å². The summed E-state index contributed by atoms with van der Waals surface area (Å²) in [6.07, 6.45) is 0. The van der Waals surface area contributed by atoms with Crippen molar-refractivity contribution in [2.45, 2.75) is 31.7 Å². The molecule has 0 unspecified atom stereocenters. The van der Waals surface area contributed by atoms with Crippen LogP contribution in [-0.4, -0.2) is 35.7 Å². The van der Waals surface area contributed by atoms with E-state index in [1.165, 1.54) is 13.8 Å². The molecule has 1 heterocycles. The zero-order valence-corrected chi connectivity index (χ0v) is 9.92. The number of aliphatic carboxylic acids is 1. The first-order chi connectivity index (χ1) is 7.25. The number of hydrogen-bond donors (Lipinski definition) is 3. The third-order valence-corrected chi connectivity index (χ3v) is 3.83. The molecule has 0 spiro atoms. The van der Waals surface area contributed by atoms with Crippen LogP contribution in [0.5, 0.6) is 0 Å². The predicted octanol–water partition coefficient (Wildman–Crippen LogP) is -0.222. The monoisotopic (exact) mass is 247 g/mol. The van der Waals surface area contributed by atoms with E-state index in [0.717, 1.165) is 0 Å². The standard InChI is InChI=1S/C8H13N3O4S/c1-4-7(5(2)10-9-4)16(14,15)11-6(3)8(12)13/h6,11H,1-3H3,(H,9,10)(H,12,13)/t6-/m0/s1. The number of hydrogen-bond acceptors (Lipinski definition) is 4. The molecule has 90 valence electrons. The molecule has 0 aromatic carbocycles. The molecule has 0 aliphatic carbocycles. The van der Waals surface area contributed by atoms with Gasteiger partial charge in [-0.25, -0.2) is 8.42 Å². The van der Waals surface area contributed by atoms with Crippen LogP contribution >= 0.6 is 0 Å². The van der Waals surface area contributed by atoms with Crippen molar-refractivity contribution in [1.29, 1.82) is 0 Å². The van der Waals surface area contributed by atoms with Crippen LogP contribution in [0.2, 0.25) is 0 Å². The van der Waals surface area contributed by atoms with E-state index in [1.54, 1.807) is 6.92 Å². The third kappa shape index (κ3) is 2.39. The molecule has 0 saturated heterocycles. The Labute approximate surface area is 92.9 Å². The Balaban J connectivity index is 3.09. The number of carbonyl (C=O) groups is 1. The highest BCUT2D eigenvalue weighted by molar-refractivity contribution is 7.89. The van der Waals surface area contributed by atoms with Gasteiger partial charge in [0.1, 0.15) is 10.9 Å². The second-order valence-corrected chi connectivity index (χ2v) is 5.10. The lowest BCUT2D eigenvalue weighted by Gasteiger charge is -2.09. The van der Waals surface area contributed by atoms with E-state index in [0.29, 0.717) is 11.4 Å². The van der Waals surface area contributed by atoms with Gasteiger partial charge < -0.3 is 5.11 Å². The number of rotatable bonds is 4. The molecule has 3 N–H and O–H groups in total. The maximum atomic E-state index is 11.8. The summed E-state index contributed by atoms with van der Waals surface area (Å²) in [6.45, 7) is 4.34. The van der Waals surface area contributed by atoms with Gasteiger partial charge in [-0.2, -0.15) is 9.82 Å². The summed E-state index contributed by atoms with van der Waals surface area (Å²) in [7, 11) is -3.85. The number of carboxylic acids is 1. The Morgan fingerprint density at radius 1 is 1.50 bits per heavy atom. The molecular formula is C8H13N3O4S. The molecule has 0 aliphatic rings. The molecule has 7 nitrogen and oxygen atoms in total. The Hall–Kier alpha value is -1.41. The zero-order valence-electron chi connectivity index (χ0n) is 9.10. The van der Waals surface area contributed by atoms with Crippen molar-refractivity contribution < 1.29 is 18.3 Å². The molecule has 1 rings (SSSR count). The van der Waals surface area contributed by atoms with Crippen LogP contribution in [0.25, 0.3) is 0 Å². The van der Waals surface area contributed by atoms with Gasteiger partial charge in [0.2, 0.25) is 10.0 Å². The fourth-order valence-electron chi connectivity index (χ4n) is 1.28. The summed E-state index contributed by atoms with van der Waals surface area (Å²) >= 11 is 0. The largest absolute Gasteiger partial charge is 0.480 e.